The van der Waals surface area contributed by atoms with Gasteiger partial charge in [0.15, 0.2) is 0 Å². The van der Waals surface area contributed by atoms with Gasteiger partial charge in [0.05, 0.1) is 6.54 Å². The summed E-state index contributed by atoms with van der Waals surface area (Å²) in [6.45, 7) is 0.219. The minimum absolute atomic E-state index is 0.234. The molecule has 1 aromatic rings. The van der Waals surface area contributed by atoms with E-state index < -0.39 is 6.43 Å². The fourth-order valence-corrected chi connectivity index (χ4v) is 1.22. The van der Waals surface area contributed by atoms with Crippen LogP contribution in [0.15, 0.2) is 18.3 Å². The number of hydrogen-bond acceptors (Lipinski definition) is 2. The number of nitrogens with zero attached hydrogens (tertiary/aromatic N) is 2. The third kappa shape index (κ3) is 3.98. The summed E-state index contributed by atoms with van der Waals surface area (Å²) in [7, 11) is 1.64. The first-order chi connectivity index (χ1) is 6.58. The Morgan fingerprint density at radius 3 is 2.71 bits per heavy atom. The Hall–Kier alpha value is -0.740. The van der Waals surface area contributed by atoms with Crippen molar-refractivity contribution in [3.05, 3.63) is 29.0 Å². The van der Waals surface area contributed by atoms with Gasteiger partial charge in [-0.2, -0.15) is 0 Å². The summed E-state index contributed by atoms with van der Waals surface area (Å²) in [5.41, 5.74) is 0.873. The Morgan fingerprint density at radius 2 is 2.21 bits per heavy atom. The maximum Gasteiger partial charge on any atom is 0.251 e. The van der Waals surface area contributed by atoms with Crippen LogP contribution in [0.5, 0.6) is 0 Å². The molecule has 0 aliphatic rings. The molecule has 1 aromatic heterocycles. The van der Waals surface area contributed by atoms with Crippen LogP contribution in [0.4, 0.5) is 8.78 Å². The van der Waals surface area contributed by atoms with E-state index in [9.17, 15) is 8.78 Å². The molecule has 0 fully saturated rings. The van der Waals surface area contributed by atoms with Gasteiger partial charge in [-0.15, -0.1) is 0 Å². The van der Waals surface area contributed by atoms with Gasteiger partial charge in [0.1, 0.15) is 5.15 Å². The van der Waals surface area contributed by atoms with Crippen molar-refractivity contribution in [3.8, 4) is 0 Å². The average molecular weight is 221 g/mol. The number of pyridine rings is 1. The molecule has 0 amide bonds. The van der Waals surface area contributed by atoms with Crippen LogP contribution in [-0.4, -0.2) is 29.9 Å². The molecular weight excluding hydrogens is 210 g/mol. The summed E-state index contributed by atoms with van der Waals surface area (Å²) < 4.78 is 23.9. The fraction of sp³-hybridized carbons (Fsp3) is 0.444. The van der Waals surface area contributed by atoms with E-state index in [2.05, 4.69) is 4.98 Å². The lowest BCUT2D eigenvalue weighted by Crippen LogP contribution is -2.24. The first-order valence-corrected chi connectivity index (χ1v) is 4.53. The van der Waals surface area contributed by atoms with Gasteiger partial charge in [0, 0.05) is 12.7 Å². The first kappa shape index (κ1) is 11.3. The van der Waals surface area contributed by atoms with Crippen LogP contribution in [0.25, 0.3) is 0 Å². The highest BCUT2D eigenvalue weighted by Gasteiger charge is 2.07. The molecule has 0 unspecified atom stereocenters. The molecule has 0 radical (unpaired) electrons. The number of aromatic nitrogens is 1. The second kappa shape index (κ2) is 5.22. The number of halogens is 3. The SMILES string of the molecule is CN(Cc1ccc(Cl)nc1)CC(F)F. The molecule has 0 aliphatic carbocycles. The molecule has 0 saturated heterocycles. The Balaban J connectivity index is 2.47. The molecule has 0 aliphatic heterocycles. The molecule has 0 spiro atoms. The highest BCUT2D eigenvalue weighted by Crippen LogP contribution is 2.07. The zero-order chi connectivity index (χ0) is 10.6. The molecule has 0 bridgehead atoms. The van der Waals surface area contributed by atoms with Crippen molar-refractivity contribution in [2.24, 2.45) is 0 Å². The van der Waals surface area contributed by atoms with Gasteiger partial charge in [0.2, 0.25) is 0 Å². The Labute approximate surface area is 86.5 Å². The van der Waals surface area contributed by atoms with Gasteiger partial charge < -0.3 is 0 Å². The molecule has 1 rings (SSSR count). The Morgan fingerprint density at radius 1 is 1.50 bits per heavy atom. The lowest BCUT2D eigenvalue weighted by molar-refractivity contribution is 0.0975. The third-order valence-electron chi connectivity index (χ3n) is 1.69. The standard InChI is InChI=1S/C9H11ClF2N2/c1-14(6-9(11)12)5-7-2-3-8(10)13-4-7/h2-4,9H,5-6H2,1H3. The highest BCUT2D eigenvalue weighted by atomic mass is 35.5. The van der Waals surface area contributed by atoms with Crippen LogP contribution >= 0.6 is 11.6 Å². The van der Waals surface area contributed by atoms with Crippen LogP contribution in [0.2, 0.25) is 5.15 Å². The predicted octanol–water partition coefficient (Wildman–Crippen LogP) is 2.43. The quantitative estimate of drug-likeness (QED) is 0.725. The Kier molecular flexibility index (Phi) is 4.22. The smallest absolute Gasteiger partial charge is 0.251 e. The Bertz CT molecular complexity index is 277. The summed E-state index contributed by atoms with van der Waals surface area (Å²) >= 11 is 5.59. The van der Waals surface area contributed by atoms with E-state index >= 15 is 0 Å². The lowest BCUT2D eigenvalue weighted by Gasteiger charge is -2.15. The fourth-order valence-electron chi connectivity index (χ4n) is 1.11. The predicted molar refractivity (Wildman–Crippen MR) is 51.6 cm³/mol. The minimum atomic E-state index is -2.31. The van der Waals surface area contributed by atoms with E-state index in [1.807, 2.05) is 0 Å². The largest absolute Gasteiger partial charge is 0.296 e. The summed E-state index contributed by atoms with van der Waals surface area (Å²) in [6, 6.07) is 3.42. The van der Waals surface area contributed by atoms with Crippen molar-refractivity contribution in [3.63, 3.8) is 0 Å². The van der Waals surface area contributed by atoms with Crippen molar-refractivity contribution in [1.82, 2.24) is 9.88 Å². The molecule has 0 N–H and O–H groups in total. The minimum Gasteiger partial charge on any atom is -0.296 e. The van der Waals surface area contributed by atoms with Gasteiger partial charge in [-0.05, 0) is 18.7 Å². The number of hydrogen-bond donors (Lipinski definition) is 0. The second-order valence-corrected chi connectivity index (χ2v) is 3.46. The molecule has 0 atom stereocenters. The topological polar surface area (TPSA) is 16.1 Å². The zero-order valence-electron chi connectivity index (χ0n) is 7.75. The summed E-state index contributed by atoms with van der Waals surface area (Å²) in [4.78, 5) is 5.40. The molecule has 14 heavy (non-hydrogen) atoms. The van der Waals surface area contributed by atoms with E-state index in [0.29, 0.717) is 11.7 Å². The van der Waals surface area contributed by atoms with Crippen LogP contribution in [0.3, 0.4) is 0 Å². The van der Waals surface area contributed by atoms with Crippen molar-refractivity contribution in [2.45, 2.75) is 13.0 Å². The van der Waals surface area contributed by atoms with E-state index in [0.717, 1.165) is 5.56 Å². The average Bonchev–Trinajstić information content (AvgIpc) is 2.07. The van der Waals surface area contributed by atoms with Crippen LogP contribution in [0, 0.1) is 0 Å². The van der Waals surface area contributed by atoms with E-state index in [1.165, 1.54) is 4.90 Å². The second-order valence-electron chi connectivity index (χ2n) is 3.08. The normalized spacial score (nSPS) is 11.3. The van der Waals surface area contributed by atoms with Gasteiger partial charge in [-0.1, -0.05) is 17.7 Å². The summed E-state index contributed by atoms with van der Waals surface area (Å²) in [6.07, 6.45) is -0.718. The highest BCUT2D eigenvalue weighted by molar-refractivity contribution is 6.29. The van der Waals surface area contributed by atoms with Crippen LogP contribution < -0.4 is 0 Å². The maximum atomic E-state index is 12.0. The van der Waals surface area contributed by atoms with Gasteiger partial charge >= 0.3 is 0 Å². The van der Waals surface area contributed by atoms with Crippen molar-refractivity contribution in [1.29, 1.82) is 0 Å². The lowest BCUT2D eigenvalue weighted by atomic mass is 10.3. The van der Waals surface area contributed by atoms with E-state index in [4.69, 9.17) is 11.6 Å². The van der Waals surface area contributed by atoms with Crippen LogP contribution in [-0.2, 0) is 6.54 Å². The third-order valence-corrected chi connectivity index (χ3v) is 1.91. The van der Waals surface area contributed by atoms with Crippen LogP contribution in [0.1, 0.15) is 5.56 Å². The van der Waals surface area contributed by atoms with Crippen molar-refractivity contribution in [2.75, 3.05) is 13.6 Å². The molecule has 0 aromatic carbocycles. The van der Waals surface area contributed by atoms with Gasteiger partial charge in [-0.25, -0.2) is 13.8 Å². The molecule has 2 nitrogen and oxygen atoms in total. The van der Waals surface area contributed by atoms with E-state index in [1.54, 1.807) is 25.4 Å². The molecule has 5 heteroatoms. The molecule has 1 heterocycles. The monoisotopic (exact) mass is 220 g/mol. The summed E-state index contributed by atoms with van der Waals surface area (Å²) in [5, 5.41) is 0.408. The zero-order valence-corrected chi connectivity index (χ0v) is 8.51. The van der Waals surface area contributed by atoms with E-state index in [-0.39, 0.29) is 6.54 Å². The molecular formula is C9H11ClF2N2. The summed E-state index contributed by atoms with van der Waals surface area (Å²) in [5.74, 6) is 0. The molecule has 78 valence electrons. The first-order valence-electron chi connectivity index (χ1n) is 4.15. The number of alkyl halides is 2. The van der Waals surface area contributed by atoms with Gasteiger partial charge in [0.25, 0.3) is 6.43 Å². The maximum absolute atomic E-state index is 12.0. The number of rotatable bonds is 4. The van der Waals surface area contributed by atoms with Crippen molar-refractivity contribution < 1.29 is 8.78 Å². The molecule has 0 saturated carbocycles. The van der Waals surface area contributed by atoms with Crippen molar-refractivity contribution >= 4 is 11.6 Å². The van der Waals surface area contributed by atoms with Gasteiger partial charge in [-0.3, -0.25) is 4.90 Å².